The van der Waals surface area contributed by atoms with Gasteiger partial charge in [-0.25, -0.2) is 4.79 Å². The smallest absolute Gasteiger partial charge is 0.335 e. The van der Waals surface area contributed by atoms with Crippen molar-refractivity contribution in [2.75, 3.05) is 20.8 Å². The molecule has 1 amide bonds. The molecule has 0 fully saturated rings. The van der Waals surface area contributed by atoms with Crippen molar-refractivity contribution in [2.45, 2.75) is 38.5 Å². The molecule has 0 unspecified atom stereocenters. The normalized spacial score (nSPS) is 11.0. The van der Waals surface area contributed by atoms with E-state index in [0.29, 0.717) is 37.3 Å². The maximum atomic E-state index is 13.2. The minimum Gasteiger partial charge on any atom is -0.493 e. The number of benzene rings is 2. The average Bonchev–Trinajstić information content (AvgIpc) is 2.75. The lowest BCUT2D eigenvalue weighted by Crippen LogP contribution is -2.44. The molecule has 29 heavy (non-hydrogen) atoms. The van der Waals surface area contributed by atoms with E-state index < -0.39 is 11.4 Å². The molecule has 0 spiro atoms. The molecule has 0 aliphatic rings. The maximum Gasteiger partial charge on any atom is 0.335 e. The van der Waals surface area contributed by atoms with Crippen LogP contribution in [0.2, 0.25) is 0 Å². The second-order valence-electron chi connectivity index (χ2n) is 6.87. The Bertz CT molecular complexity index is 858. The first kappa shape index (κ1) is 22.3. The quantitative estimate of drug-likeness (QED) is 0.634. The van der Waals surface area contributed by atoms with Crippen molar-refractivity contribution in [1.82, 2.24) is 5.32 Å². The fraction of sp³-hybridized carbons (Fsp3) is 0.391. The van der Waals surface area contributed by atoms with Crippen LogP contribution in [0.5, 0.6) is 11.5 Å². The summed E-state index contributed by atoms with van der Waals surface area (Å²) in [6.45, 7) is 4.42. The first-order valence-electron chi connectivity index (χ1n) is 9.74. The number of ether oxygens (including phenoxy) is 2. The van der Waals surface area contributed by atoms with Gasteiger partial charge >= 0.3 is 5.97 Å². The maximum absolute atomic E-state index is 13.2. The van der Waals surface area contributed by atoms with Crippen LogP contribution in [0.15, 0.2) is 42.5 Å². The number of nitrogens with one attached hydrogen (secondary N) is 1. The molecule has 0 bridgehead atoms. The minimum absolute atomic E-state index is 0.0518. The Hall–Kier alpha value is -3.02. The Morgan fingerprint density at radius 1 is 1.00 bits per heavy atom. The van der Waals surface area contributed by atoms with E-state index in [1.807, 2.05) is 38.1 Å². The number of carboxylic acid groups (broad SMARTS) is 1. The van der Waals surface area contributed by atoms with Gasteiger partial charge in [-0.15, -0.1) is 0 Å². The summed E-state index contributed by atoms with van der Waals surface area (Å²) in [7, 11) is 3.16. The standard InChI is InChI=1S/C23H29NO5/c1-5-23(6-2,18-10-11-19(28-3)20(15-18)29-4)22(27)24-13-12-16-8-7-9-17(14-16)21(25)26/h7-11,14-15H,5-6,12-13H2,1-4H3,(H,24,27)(H,25,26). The van der Waals surface area contributed by atoms with Crippen molar-refractivity contribution in [1.29, 1.82) is 0 Å². The Morgan fingerprint density at radius 2 is 1.69 bits per heavy atom. The van der Waals surface area contributed by atoms with Crippen molar-refractivity contribution in [3.05, 3.63) is 59.2 Å². The first-order valence-corrected chi connectivity index (χ1v) is 9.74. The first-order chi connectivity index (χ1) is 13.9. The van der Waals surface area contributed by atoms with Gasteiger partial charge in [-0.05, 0) is 54.7 Å². The van der Waals surface area contributed by atoms with Gasteiger partial charge in [0.25, 0.3) is 0 Å². The second-order valence-corrected chi connectivity index (χ2v) is 6.87. The third kappa shape index (κ3) is 4.88. The van der Waals surface area contributed by atoms with Crippen molar-refractivity contribution in [3.63, 3.8) is 0 Å². The molecule has 0 radical (unpaired) electrons. The molecule has 0 aliphatic carbocycles. The van der Waals surface area contributed by atoms with Crippen LogP contribution < -0.4 is 14.8 Å². The summed E-state index contributed by atoms with van der Waals surface area (Å²) >= 11 is 0. The number of carbonyl (C=O) groups is 2. The Kier molecular flexibility index (Phi) is 7.65. The van der Waals surface area contributed by atoms with E-state index in [1.54, 1.807) is 32.4 Å². The monoisotopic (exact) mass is 399 g/mol. The van der Waals surface area contributed by atoms with E-state index in [1.165, 1.54) is 0 Å². The molecule has 2 N–H and O–H groups in total. The lowest BCUT2D eigenvalue weighted by Gasteiger charge is -2.31. The summed E-state index contributed by atoms with van der Waals surface area (Å²) in [5.41, 5.74) is 1.32. The number of hydrogen-bond donors (Lipinski definition) is 2. The number of carbonyl (C=O) groups excluding carboxylic acids is 1. The SMILES string of the molecule is CCC(CC)(C(=O)NCCc1cccc(C(=O)O)c1)c1ccc(OC)c(OC)c1. The Morgan fingerprint density at radius 3 is 2.28 bits per heavy atom. The van der Waals surface area contributed by atoms with Gasteiger partial charge in [-0.1, -0.05) is 32.0 Å². The van der Waals surface area contributed by atoms with Gasteiger partial charge in [-0.3, -0.25) is 4.79 Å². The second kappa shape index (κ2) is 9.96. The summed E-state index contributed by atoms with van der Waals surface area (Å²) in [4.78, 5) is 24.3. The van der Waals surface area contributed by atoms with E-state index in [9.17, 15) is 9.59 Å². The van der Waals surface area contributed by atoms with Crippen LogP contribution in [-0.2, 0) is 16.6 Å². The lowest BCUT2D eigenvalue weighted by atomic mass is 9.75. The summed E-state index contributed by atoms with van der Waals surface area (Å²) in [6, 6.07) is 12.4. The zero-order valence-electron chi connectivity index (χ0n) is 17.5. The Labute approximate surface area is 171 Å². The molecule has 0 saturated carbocycles. The molecule has 0 aliphatic heterocycles. The molecule has 0 atom stereocenters. The number of hydrogen-bond acceptors (Lipinski definition) is 4. The van der Waals surface area contributed by atoms with Gasteiger partial charge in [0, 0.05) is 6.54 Å². The number of carboxylic acids is 1. The highest BCUT2D eigenvalue weighted by atomic mass is 16.5. The van der Waals surface area contributed by atoms with Crippen LogP contribution in [0.1, 0.15) is 48.2 Å². The minimum atomic E-state index is -0.958. The number of aromatic carboxylic acids is 1. The zero-order chi connectivity index (χ0) is 21.4. The van der Waals surface area contributed by atoms with Crippen molar-refractivity contribution >= 4 is 11.9 Å². The van der Waals surface area contributed by atoms with Gasteiger partial charge in [0.2, 0.25) is 5.91 Å². The van der Waals surface area contributed by atoms with Gasteiger partial charge < -0.3 is 19.9 Å². The number of rotatable bonds is 10. The average molecular weight is 399 g/mol. The fourth-order valence-electron chi connectivity index (χ4n) is 3.59. The third-order valence-electron chi connectivity index (χ3n) is 5.45. The van der Waals surface area contributed by atoms with E-state index >= 15 is 0 Å². The molecular formula is C23H29NO5. The number of amides is 1. The van der Waals surface area contributed by atoms with E-state index in [-0.39, 0.29) is 11.5 Å². The van der Waals surface area contributed by atoms with Crippen molar-refractivity contribution < 1.29 is 24.2 Å². The highest BCUT2D eigenvalue weighted by molar-refractivity contribution is 5.89. The van der Waals surface area contributed by atoms with E-state index in [2.05, 4.69) is 5.32 Å². The molecule has 0 aromatic heterocycles. The van der Waals surface area contributed by atoms with Crippen LogP contribution in [0, 0.1) is 0 Å². The summed E-state index contributed by atoms with van der Waals surface area (Å²) in [5.74, 6) is 0.204. The molecule has 156 valence electrons. The van der Waals surface area contributed by atoms with Crippen LogP contribution in [-0.4, -0.2) is 37.7 Å². The van der Waals surface area contributed by atoms with Crippen molar-refractivity contribution in [2.24, 2.45) is 0 Å². The predicted molar refractivity (Wildman–Crippen MR) is 112 cm³/mol. The van der Waals surface area contributed by atoms with Gasteiger partial charge in [0.15, 0.2) is 11.5 Å². The van der Waals surface area contributed by atoms with Crippen LogP contribution >= 0.6 is 0 Å². The highest BCUT2D eigenvalue weighted by Gasteiger charge is 2.37. The molecule has 6 nitrogen and oxygen atoms in total. The lowest BCUT2D eigenvalue weighted by molar-refractivity contribution is -0.127. The number of methoxy groups -OCH3 is 2. The van der Waals surface area contributed by atoms with Crippen LogP contribution in [0.25, 0.3) is 0 Å². The van der Waals surface area contributed by atoms with Gasteiger partial charge in [0.1, 0.15) is 0 Å². The zero-order valence-corrected chi connectivity index (χ0v) is 17.5. The fourth-order valence-corrected chi connectivity index (χ4v) is 3.59. The topological polar surface area (TPSA) is 84.9 Å². The largest absolute Gasteiger partial charge is 0.493 e. The van der Waals surface area contributed by atoms with Crippen LogP contribution in [0.4, 0.5) is 0 Å². The van der Waals surface area contributed by atoms with Crippen molar-refractivity contribution in [3.8, 4) is 11.5 Å². The summed E-state index contributed by atoms with van der Waals surface area (Å²) < 4.78 is 10.7. The van der Waals surface area contributed by atoms with E-state index in [0.717, 1.165) is 11.1 Å². The highest BCUT2D eigenvalue weighted by Crippen LogP contribution is 2.37. The molecule has 6 heteroatoms. The molecule has 2 aromatic rings. The summed E-state index contributed by atoms with van der Waals surface area (Å²) in [6.07, 6.45) is 1.83. The van der Waals surface area contributed by atoms with E-state index in [4.69, 9.17) is 14.6 Å². The molecule has 0 heterocycles. The van der Waals surface area contributed by atoms with Gasteiger partial charge in [-0.2, -0.15) is 0 Å². The summed E-state index contributed by atoms with van der Waals surface area (Å²) in [5, 5.41) is 12.1. The third-order valence-corrected chi connectivity index (χ3v) is 5.45. The van der Waals surface area contributed by atoms with Gasteiger partial charge in [0.05, 0.1) is 25.2 Å². The van der Waals surface area contributed by atoms with Crippen LogP contribution in [0.3, 0.4) is 0 Å². The molecule has 2 aromatic carbocycles. The molecule has 0 saturated heterocycles. The predicted octanol–water partition coefficient (Wildman–Crippen LogP) is 3.82. The molecular weight excluding hydrogens is 370 g/mol. The Balaban J connectivity index is 2.16. The molecule has 2 rings (SSSR count).